The first kappa shape index (κ1) is 14.5. The second-order valence-electron chi connectivity index (χ2n) is 3.87. The third-order valence-corrected chi connectivity index (χ3v) is 3.19. The van der Waals surface area contributed by atoms with E-state index in [1.165, 1.54) is 0 Å². The Labute approximate surface area is 129 Å². The molecule has 0 N–H and O–H groups in total. The Morgan fingerprint density at radius 1 is 1.45 bits per heavy atom. The fraction of sp³-hybridized carbons (Fsp3) is 0.0714. The molecule has 0 fully saturated rings. The van der Waals surface area contributed by atoms with Gasteiger partial charge in [-0.1, -0.05) is 6.07 Å². The standard InChI is InChI=1S/C14H8BrClN2O2/c15-11-6-9(7-13(16)19)3-4-12(11)20-14-10(8-17)2-1-5-18-14/h1-6H,7H2. The van der Waals surface area contributed by atoms with E-state index in [0.29, 0.717) is 15.8 Å². The van der Waals surface area contributed by atoms with Gasteiger partial charge >= 0.3 is 0 Å². The van der Waals surface area contributed by atoms with Crippen LogP contribution in [0.1, 0.15) is 11.1 Å². The summed E-state index contributed by atoms with van der Waals surface area (Å²) in [7, 11) is 0. The predicted octanol–water partition coefficient (Wildman–Crippen LogP) is 3.82. The molecule has 2 rings (SSSR count). The van der Waals surface area contributed by atoms with Crippen LogP contribution in [0.5, 0.6) is 11.6 Å². The van der Waals surface area contributed by atoms with Crippen LogP contribution >= 0.6 is 27.5 Å². The van der Waals surface area contributed by atoms with Crippen LogP contribution in [-0.2, 0) is 11.2 Å². The van der Waals surface area contributed by atoms with Gasteiger partial charge in [-0.2, -0.15) is 5.26 Å². The maximum atomic E-state index is 10.9. The minimum Gasteiger partial charge on any atom is -0.436 e. The molecule has 0 spiro atoms. The zero-order valence-electron chi connectivity index (χ0n) is 10.1. The summed E-state index contributed by atoms with van der Waals surface area (Å²) >= 11 is 8.69. The lowest BCUT2D eigenvalue weighted by Crippen LogP contribution is -1.95. The van der Waals surface area contributed by atoms with Gasteiger partial charge in [0.25, 0.3) is 0 Å². The summed E-state index contributed by atoms with van der Waals surface area (Å²) < 4.78 is 6.25. The van der Waals surface area contributed by atoms with Gasteiger partial charge in [0.05, 0.1) is 4.47 Å². The molecule has 1 aromatic heterocycles. The van der Waals surface area contributed by atoms with Crippen LogP contribution in [0.25, 0.3) is 0 Å². The molecule has 0 radical (unpaired) electrons. The Hall–Kier alpha value is -1.90. The SMILES string of the molecule is N#Cc1cccnc1Oc1ccc(CC(=O)Cl)cc1Br. The molecule has 0 unspecified atom stereocenters. The van der Waals surface area contributed by atoms with Crippen LogP contribution in [0.3, 0.4) is 0 Å². The molecule has 0 bridgehead atoms. The summed E-state index contributed by atoms with van der Waals surface area (Å²) in [6.45, 7) is 0. The van der Waals surface area contributed by atoms with Gasteiger partial charge < -0.3 is 4.74 Å². The van der Waals surface area contributed by atoms with Crippen molar-refractivity contribution in [2.45, 2.75) is 6.42 Å². The number of benzene rings is 1. The number of rotatable bonds is 4. The molecule has 0 amide bonds. The zero-order valence-corrected chi connectivity index (χ0v) is 12.5. The quantitative estimate of drug-likeness (QED) is 0.786. The highest BCUT2D eigenvalue weighted by molar-refractivity contribution is 9.10. The summed E-state index contributed by atoms with van der Waals surface area (Å²) in [5.41, 5.74) is 1.12. The van der Waals surface area contributed by atoms with Gasteiger partial charge in [-0.15, -0.1) is 0 Å². The number of nitriles is 1. The van der Waals surface area contributed by atoms with Crippen molar-refractivity contribution in [1.82, 2.24) is 4.98 Å². The van der Waals surface area contributed by atoms with Crippen molar-refractivity contribution >= 4 is 32.8 Å². The topological polar surface area (TPSA) is 63.0 Å². The molecule has 4 nitrogen and oxygen atoms in total. The molecule has 6 heteroatoms. The smallest absolute Gasteiger partial charge is 0.237 e. The lowest BCUT2D eigenvalue weighted by Gasteiger charge is -2.09. The molecular weight excluding hydrogens is 344 g/mol. The van der Waals surface area contributed by atoms with E-state index in [0.717, 1.165) is 5.56 Å². The van der Waals surface area contributed by atoms with Crippen LogP contribution in [0.4, 0.5) is 0 Å². The van der Waals surface area contributed by atoms with Crippen molar-refractivity contribution in [3.8, 4) is 17.7 Å². The van der Waals surface area contributed by atoms with E-state index in [1.807, 2.05) is 6.07 Å². The Morgan fingerprint density at radius 2 is 2.25 bits per heavy atom. The fourth-order valence-corrected chi connectivity index (χ4v) is 2.22. The van der Waals surface area contributed by atoms with Crippen molar-refractivity contribution in [2.24, 2.45) is 0 Å². The van der Waals surface area contributed by atoms with Crippen molar-refractivity contribution in [3.05, 3.63) is 52.1 Å². The molecule has 20 heavy (non-hydrogen) atoms. The molecule has 0 atom stereocenters. The van der Waals surface area contributed by atoms with Crippen molar-refractivity contribution in [1.29, 1.82) is 5.26 Å². The highest BCUT2D eigenvalue weighted by Gasteiger charge is 2.09. The van der Waals surface area contributed by atoms with E-state index in [-0.39, 0.29) is 12.3 Å². The molecule has 2 aromatic rings. The van der Waals surface area contributed by atoms with E-state index < -0.39 is 5.24 Å². The largest absolute Gasteiger partial charge is 0.436 e. The van der Waals surface area contributed by atoms with Gasteiger partial charge in [-0.25, -0.2) is 4.98 Å². The normalized spacial score (nSPS) is 9.85. The van der Waals surface area contributed by atoms with E-state index in [1.54, 1.807) is 36.5 Å². The average Bonchev–Trinajstić information content (AvgIpc) is 2.42. The molecule has 0 aliphatic rings. The first-order valence-corrected chi connectivity index (χ1v) is 6.77. The van der Waals surface area contributed by atoms with Crippen LogP contribution in [0.2, 0.25) is 0 Å². The predicted molar refractivity (Wildman–Crippen MR) is 77.7 cm³/mol. The number of carbonyl (C=O) groups excluding carboxylic acids is 1. The maximum Gasteiger partial charge on any atom is 0.237 e. The fourth-order valence-electron chi connectivity index (χ4n) is 1.56. The van der Waals surface area contributed by atoms with Crippen LogP contribution < -0.4 is 4.74 Å². The molecule has 0 aliphatic heterocycles. The summed E-state index contributed by atoms with van der Waals surface area (Å²) in [5.74, 6) is 0.739. The second-order valence-corrected chi connectivity index (χ2v) is 5.14. The molecule has 1 aromatic carbocycles. The second kappa shape index (κ2) is 6.51. The van der Waals surface area contributed by atoms with Crippen molar-refractivity contribution < 1.29 is 9.53 Å². The van der Waals surface area contributed by atoms with Crippen LogP contribution in [-0.4, -0.2) is 10.2 Å². The highest BCUT2D eigenvalue weighted by atomic mass is 79.9. The highest BCUT2D eigenvalue weighted by Crippen LogP contribution is 2.31. The molecular formula is C14H8BrClN2O2. The number of carbonyl (C=O) groups is 1. The minimum atomic E-state index is -0.429. The van der Waals surface area contributed by atoms with Gasteiger partial charge in [0, 0.05) is 12.6 Å². The van der Waals surface area contributed by atoms with E-state index in [2.05, 4.69) is 20.9 Å². The molecule has 0 aliphatic carbocycles. The summed E-state index contributed by atoms with van der Waals surface area (Å²) in [4.78, 5) is 14.9. The first-order chi connectivity index (χ1) is 9.60. The van der Waals surface area contributed by atoms with Gasteiger partial charge in [0.1, 0.15) is 17.4 Å². The number of hydrogen-bond acceptors (Lipinski definition) is 4. The monoisotopic (exact) mass is 350 g/mol. The van der Waals surface area contributed by atoms with E-state index in [4.69, 9.17) is 21.6 Å². The number of nitrogens with zero attached hydrogens (tertiary/aromatic N) is 2. The van der Waals surface area contributed by atoms with Gasteiger partial charge in [0.15, 0.2) is 0 Å². The molecule has 0 saturated heterocycles. The Balaban J connectivity index is 2.26. The Morgan fingerprint density at radius 3 is 2.90 bits per heavy atom. The summed E-state index contributed by atoms with van der Waals surface area (Å²) in [6.07, 6.45) is 1.69. The summed E-state index contributed by atoms with van der Waals surface area (Å²) in [5, 5.41) is 8.55. The first-order valence-electron chi connectivity index (χ1n) is 5.60. The third kappa shape index (κ3) is 3.56. The van der Waals surface area contributed by atoms with Crippen LogP contribution in [0.15, 0.2) is 41.0 Å². The Bertz CT molecular complexity index is 698. The molecule has 1 heterocycles. The zero-order chi connectivity index (χ0) is 14.5. The van der Waals surface area contributed by atoms with Gasteiger partial charge in [0.2, 0.25) is 11.1 Å². The van der Waals surface area contributed by atoms with Gasteiger partial charge in [-0.3, -0.25) is 4.79 Å². The minimum absolute atomic E-state index is 0.146. The lowest BCUT2D eigenvalue weighted by atomic mass is 10.1. The number of ether oxygens (including phenoxy) is 1. The average molecular weight is 352 g/mol. The number of hydrogen-bond donors (Lipinski definition) is 0. The van der Waals surface area contributed by atoms with Crippen molar-refractivity contribution in [2.75, 3.05) is 0 Å². The number of aromatic nitrogens is 1. The van der Waals surface area contributed by atoms with E-state index >= 15 is 0 Å². The number of pyridine rings is 1. The maximum absolute atomic E-state index is 10.9. The molecule has 0 saturated carbocycles. The van der Waals surface area contributed by atoms with E-state index in [9.17, 15) is 4.79 Å². The number of halogens is 2. The summed E-state index contributed by atoms with van der Waals surface area (Å²) in [6, 6.07) is 10.5. The van der Waals surface area contributed by atoms with Crippen molar-refractivity contribution in [3.63, 3.8) is 0 Å². The van der Waals surface area contributed by atoms with Gasteiger partial charge in [-0.05, 0) is 57.4 Å². The van der Waals surface area contributed by atoms with Crippen LogP contribution in [0, 0.1) is 11.3 Å². The third-order valence-electron chi connectivity index (χ3n) is 2.44. The lowest BCUT2D eigenvalue weighted by molar-refractivity contribution is -0.111. The molecule has 100 valence electrons. The Kier molecular flexibility index (Phi) is 4.72.